The number of rotatable bonds is 3. The maximum Gasteiger partial charge on any atom is 0.224 e. The Hall–Kier alpha value is -1.45. The fraction of sp³-hybridized carbons (Fsp3) is 0.462. The molecule has 1 aromatic carbocycles. The van der Waals surface area contributed by atoms with Crippen molar-refractivity contribution in [1.29, 1.82) is 0 Å². The van der Waals surface area contributed by atoms with Crippen molar-refractivity contribution in [2.24, 2.45) is 0 Å². The summed E-state index contributed by atoms with van der Waals surface area (Å²) in [6.07, 6.45) is 4.44. The first-order chi connectivity index (χ1) is 8.15. The number of amides is 1. The van der Waals surface area contributed by atoms with Gasteiger partial charge in [0.05, 0.1) is 6.42 Å². The summed E-state index contributed by atoms with van der Waals surface area (Å²) in [6.45, 7) is 0. The van der Waals surface area contributed by atoms with Crippen molar-refractivity contribution in [3.05, 3.63) is 35.4 Å². The highest BCUT2D eigenvalue weighted by molar-refractivity contribution is 5.78. The Morgan fingerprint density at radius 3 is 2.59 bits per heavy atom. The zero-order valence-corrected chi connectivity index (χ0v) is 9.51. The molecule has 2 rings (SSSR count). The van der Waals surface area contributed by atoms with Gasteiger partial charge in [-0.2, -0.15) is 0 Å². The fourth-order valence-electron chi connectivity index (χ4n) is 2.18. The highest BCUT2D eigenvalue weighted by Gasteiger charge is 2.17. The summed E-state index contributed by atoms with van der Waals surface area (Å²) in [5.74, 6) is -1.91. The lowest BCUT2D eigenvalue weighted by Crippen LogP contribution is -2.33. The highest BCUT2D eigenvalue weighted by Crippen LogP contribution is 2.17. The zero-order chi connectivity index (χ0) is 12.3. The van der Waals surface area contributed by atoms with E-state index in [0.717, 1.165) is 37.8 Å². The van der Waals surface area contributed by atoms with Gasteiger partial charge in [-0.1, -0.05) is 18.9 Å². The molecule has 0 radical (unpaired) electrons. The molecule has 2 nitrogen and oxygen atoms in total. The average Bonchev–Trinajstić information content (AvgIpc) is 2.76. The SMILES string of the molecule is O=C(Cc1ccc(F)c(F)c1)NC1CCCC1. The van der Waals surface area contributed by atoms with E-state index in [0.29, 0.717) is 5.56 Å². The lowest BCUT2D eigenvalue weighted by Gasteiger charge is -2.11. The molecule has 17 heavy (non-hydrogen) atoms. The number of hydrogen-bond donors (Lipinski definition) is 1. The molecular weight excluding hydrogens is 224 g/mol. The maximum atomic E-state index is 12.9. The van der Waals surface area contributed by atoms with E-state index in [1.165, 1.54) is 6.07 Å². The summed E-state index contributed by atoms with van der Waals surface area (Å²) in [5.41, 5.74) is 0.499. The summed E-state index contributed by atoms with van der Waals surface area (Å²) in [7, 11) is 0. The van der Waals surface area contributed by atoms with Crippen LogP contribution in [0.2, 0.25) is 0 Å². The van der Waals surface area contributed by atoms with Crippen LogP contribution in [0, 0.1) is 11.6 Å². The van der Waals surface area contributed by atoms with Crippen molar-refractivity contribution in [2.75, 3.05) is 0 Å². The molecule has 0 heterocycles. The predicted molar refractivity (Wildman–Crippen MR) is 60.5 cm³/mol. The monoisotopic (exact) mass is 239 g/mol. The van der Waals surface area contributed by atoms with Crippen LogP contribution in [0.5, 0.6) is 0 Å². The van der Waals surface area contributed by atoms with Gasteiger partial charge in [-0.25, -0.2) is 8.78 Å². The number of benzene rings is 1. The Labute approximate surface area is 99.0 Å². The molecule has 0 aliphatic heterocycles. The van der Waals surface area contributed by atoms with Crippen molar-refractivity contribution in [1.82, 2.24) is 5.32 Å². The second-order valence-corrected chi connectivity index (χ2v) is 4.47. The average molecular weight is 239 g/mol. The zero-order valence-electron chi connectivity index (χ0n) is 9.51. The van der Waals surface area contributed by atoms with E-state index in [2.05, 4.69) is 5.32 Å². The molecular formula is C13H15F2NO. The Morgan fingerprint density at radius 2 is 1.94 bits per heavy atom. The van der Waals surface area contributed by atoms with Crippen LogP contribution in [-0.2, 0) is 11.2 Å². The van der Waals surface area contributed by atoms with Gasteiger partial charge in [0, 0.05) is 6.04 Å². The molecule has 92 valence electrons. The minimum absolute atomic E-state index is 0.105. The van der Waals surface area contributed by atoms with E-state index in [9.17, 15) is 13.6 Å². The Morgan fingerprint density at radius 1 is 1.24 bits per heavy atom. The van der Waals surface area contributed by atoms with E-state index in [1.807, 2.05) is 0 Å². The standard InChI is InChI=1S/C13H15F2NO/c14-11-6-5-9(7-12(11)15)8-13(17)16-10-3-1-2-4-10/h5-7,10H,1-4,8H2,(H,16,17). The predicted octanol–water partition coefficient (Wildman–Crippen LogP) is 2.57. The smallest absolute Gasteiger partial charge is 0.224 e. The third kappa shape index (κ3) is 3.25. The number of halogens is 2. The number of hydrogen-bond acceptors (Lipinski definition) is 1. The van der Waals surface area contributed by atoms with Crippen LogP contribution < -0.4 is 5.32 Å². The van der Waals surface area contributed by atoms with Crippen molar-refractivity contribution in [3.8, 4) is 0 Å². The molecule has 0 unspecified atom stereocenters. The van der Waals surface area contributed by atoms with Crippen LogP contribution in [0.15, 0.2) is 18.2 Å². The Bertz CT molecular complexity index is 414. The molecule has 1 aliphatic rings. The Kier molecular flexibility index (Phi) is 3.71. The third-order valence-corrected chi connectivity index (χ3v) is 3.07. The first-order valence-corrected chi connectivity index (χ1v) is 5.88. The van der Waals surface area contributed by atoms with E-state index >= 15 is 0 Å². The van der Waals surface area contributed by atoms with Crippen LogP contribution in [0.25, 0.3) is 0 Å². The lowest BCUT2D eigenvalue weighted by molar-refractivity contribution is -0.121. The lowest BCUT2D eigenvalue weighted by atomic mass is 10.1. The second-order valence-electron chi connectivity index (χ2n) is 4.47. The van der Waals surface area contributed by atoms with Gasteiger partial charge in [-0.3, -0.25) is 4.79 Å². The maximum absolute atomic E-state index is 12.9. The molecule has 1 aromatic rings. The molecule has 1 amide bonds. The molecule has 0 aromatic heterocycles. The quantitative estimate of drug-likeness (QED) is 0.863. The van der Waals surface area contributed by atoms with Crippen LogP contribution in [0.1, 0.15) is 31.2 Å². The van der Waals surface area contributed by atoms with Crippen LogP contribution in [-0.4, -0.2) is 11.9 Å². The largest absolute Gasteiger partial charge is 0.353 e. The number of nitrogens with one attached hydrogen (secondary N) is 1. The van der Waals surface area contributed by atoms with Gasteiger partial charge in [-0.05, 0) is 30.5 Å². The van der Waals surface area contributed by atoms with Crippen LogP contribution in [0.4, 0.5) is 8.78 Å². The summed E-state index contributed by atoms with van der Waals surface area (Å²) in [4.78, 5) is 11.6. The van der Waals surface area contributed by atoms with Crippen molar-refractivity contribution in [2.45, 2.75) is 38.1 Å². The van der Waals surface area contributed by atoms with Gasteiger partial charge in [0.15, 0.2) is 11.6 Å². The number of carbonyl (C=O) groups excluding carboxylic acids is 1. The number of carbonyl (C=O) groups is 1. The van der Waals surface area contributed by atoms with Crippen molar-refractivity contribution < 1.29 is 13.6 Å². The molecule has 1 aliphatic carbocycles. The Balaban J connectivity index is 1.90. The second kappa shape index (κ2) is 5.25. The fourth-order valence-corrected chi connectivity index (χ4v) is 2.18. The first kappa shape index (κ1) is 12.0. The molecule has 4 heteroatoms. The van der Waals surface area contributed by atoms with Gasteiger partial charge in [-0.15, -0.1) is 0 Å². The molecule has 1 fully saturated rings. The molecule has 0 spiro atoms. The van der Waals surface area contributed by atoms with Gasteiger partial charge in [0.25, 0.3) is 0 Å². The highest BCUT2D eigenvalue weighted by atomic mass is 19.2. The summed E-state index contributed by atoms with van der Waals surface area (Å²) in [6, 6.07) is 3.82. The third-order valence-electron chi connectivity index (χ3n) is 3.07. The van der Waals surface area contributed by atoms with Gasteiger partial charge in [0.1, 0.15) is 0 Å². The molecule has 1 N–H and O–H groups in total. The van der Waals surface area contributed by atoms with Crippen LogP contribution in [0.3, 0.4) is 0 Å². The van der Waals surface area contributed by atoms with E-state index in [1.54, 1.807) is 0 Å². The van der Waals surface area contributed by atoms with Crippen molar-refractivity contribution in [3.63, 3.8) is 0 Å². The van der Waals surface area contributed by atoms with E-state index < -0.39 is 11.6 Å². The molecule has 0 saturated heterocycles. The minimum Gasteiger partial charge on any atom is -0.353 e. The summed E-state index contributed by atoms with van der Waals surface area (Å²) >= 11 is 0. The van der Waals surface area contributed by atoms with Crippen molar-refractivity contribution >= 4 is 5.91 Å². The van der Waals surface area contributed by atoms with Gasteiger partial charge >= 0.3 is 0 Å². The summed E-state index contributed by atoms with van der Waals surface area (Å²) < 4.78 is 25.6. The van der Waals surface area contributed by atoms with E-state index in [4.69, 9.17) is 0 Å². The summed E-state index contributed by atoms with van der Waals surface area (Å²) in [5, 5.41) is 2.91. The van der Waals surface area contributed by atoms with Gasteiger partial charge in [0.2, 0.25) is 5.91 Å². The first-order valence-electron chi connectivity index (χ1n) is 5.88. The topological polar surface area (TPSA) is 29.1 Å². The van der Waals surface area contributed by atoms with Gasteiger partial charge < -0.3 is 5.32 Å². The normalized spacial score (nSPS) is 16.1. The molecule has 0 atom stereocenters. The van der Waals surface area contributed by atoms with Crippen LogP contribution >= 0.6 is 0 Å². The molecule has 1 saturated carbocycles. The minimum atomic E-state index is -0.906. The van der Waals surface area contributed by atoms with E-state index in [-0.39, 0.29) is 18.4 Å². The molecule has 0 bridgehead atoms.